The number of aryl methyl sites for hydroxylation is 2. The van der Waals surface area contributed by atoms with Gasteiger partial charge in [0.25, 0.3) is 5.56 Å². The molecule has 1 aliphatic heterocycles. The first kappa shape index (κ1) is 15.4. The fourth-order valence-corrected chi connectivity index (χ4v) is 3.53. The van der Waals surface area contributed by atoms with Gasteiger partial charge in [-0.3, -0.25) is 9.69 Å². The molecule has 0 aromatic carbocycles. The van der Waals surface area contributed by atoms with Crippen LogP contribution in [0.3, 0.4) is 0 Å². The lowest BCUT2D eigenvalue weighted by molar-refractivity contribution is 0.236. The van der Waals surface area contributed by atoms with Crippen molar-refractivity contribution in [1.82, 2.24) is 24.6 Å². The second-order valence-corrected chi connectivity index (χ2v) is 6.81. The summed E-state index contributed by atoms with van der Waals surface area (Å²) in [5.41, 5.74) is 3.87. The highest BCUT2D eigenvalue weighted by Gasteiger charge is 2.29. The number of hydrogen-bond acceptors (Lipinski definition) is 5. The van der Waals surface area contributed by atoms with Crippen molar-refractivity contribution in [2.24, 2.45) is 7.05 Å². The van der Waals surface area contributed by atoms with Crippen molar-refractivity contribution in [3.05, 3.63) is 38.7 Å². The smallest absolute Gasteiger partial charge is 0.255 e. The van der Waals surface area contributed by atoms with E-state index in [0.29, 0.717) is 12.5 Å². The lowest BCUT2D eigenvalue weighted by atomic mass is 10.1. The Morgan fingerprint density at radius 2 is 2.17 bits per heavy atom. The third-order valence-corrected chi connectivity index (χ3v) is 4.99. The molecule has 2 aromatic heterocycles. The fourth-order valence-electron chi connectivity index (χ4n) is 3.53. The van der Waals surface area contributed by atoms with E-state index < -0.39 is 0 Å². The van der Waals surface area contributed by atoms with E-state index in [-0.39, 0.29) is 5.56 Å². The summed E-state index contributed by atoms with van der Waals surface area (Å²) in [5.74, 6) is 2.15. The molecular weight excluding hydrogens is 306 g/mol. The summed E-state index contributed by atoms with van der Waals surface area (Å²) in [4.78, 5) is 22.4. The third-order valence-electron chi connectivity index (χ3n) is 4.99. The highest BCUT2D eigenvalue weighted by atomic mass is 16.5. The number of fused-ring (bicyclic) bond motifs is 1. The summed E-state index contributed by atoms with van der Waals surface area (Å²) >= 11 is 0. The van der Waals surface area contributed by atoms with E-state index in [1.54, 1.807) is 11.8 Å². The van der Waals surface area contributed by atoms with E-state index in [1.807, 2.05) is 14.0 Å². The fraction of sp³-hybridized carbons (Fsp3) is 0.588. The highest BCUT2D eigenvalue weighted by molar-refractivity contribution is 5.31. The van der Waals surface area contributed by atoms with Crippen molar-refractivity contribution in [2.45, 2.75) is 45.2 Å². The molecule has 1 aliphatic carbocycles. The van der Waals surface area contributed by atoms with E-state index in [2.05, 4.69) is 15.0 Å². The minimum Gasteiger partial charge on any atom is -0.481 e. The Bertz CT molecular complexity index is 834. The van der Waals surface area contributed by atoms with Gasteiger partial charge in [0.05, 0.1) is 29.6 Å². The zero-order valence-electron chi connectivity index (χ0n) is 14.4. The molecule has 0 bridgehead atoms. The Morgan fingerprint density at radius 3 is 2.88 bits per heavy atom. The van der Waals surface area contributed by atoms with E-state index in [9.17, 15) is 4.79 Å². The summed E-state index contributed by atoms with van der Waals surface area (Å²) in [7, 11) is 3.55. The summed E-state index contributed by atoms with van der Waals surface area (Å²) in [6, 6.07) is 0. The van der Waals surface area contributed by atoms with Gasteiger partial charge >= 0.3 is 0 Å². The minimum atomic E-state index is 0.0291. The van der Waals surface area contributed by atoms with Gasteiger partial charge in [-0.1, -0.05) is 0 Å². The molecule has 0 unspecified atom stereocenters. The maximum Gasteiger partial charge on any atom is 0.255 e. The van der Waals surface area contributed by atoms with Crippen LogP contribution >= 0.6 is 0 Å². The van der Waals surface area contributed by atoms with Crippen molar-refractivity contribution in [2.75, 3.05) is 13.7 Å². The molecule has 0 atom stereocenters. The first-order valence-electron chi connectivity index (χ1n) is 8.47. The van der Waals surface area contributed by atoms with Gasteiger partial charge in [-0.15, -0.1) is 0 Å². The van der Waals surface area contributed by atoms with E-state index >= 15 is 0 Å². The van der Waals surface area contributed by atoms with Crippen molar-refractivity contribution in [3.8, 4) is 5.88 Å². The van der Waals surface area contributed by atoms with Gasteiger partial charge in [0.15, 0.2) is 0 Å². The van der Waals surface area contributed by atoms with E-state index in [4.69, 9.17) is 9.72 Å². The first-order chi connectivity index (χ1) is 11.6. The van der Waals surface area contributed by atoms with Crippen LogP contribution in [0, 0.1) is 6.92 Å². The van der Waals surface area contributed by atoms with Crippen LogP contribution in [0.1, 0.15) is 47.1 Å². The summed E-state index contributed by atoms with van der Waals surface area (Å²) in [6.07, 6.45) is 3.11. The Kier molecular flexibility index (Phi) is 3.68. The molecule has 0 spiro atoms. The summed E-state index contributed by atoms with van der Waals surface area (Å²) < 4.78 is 7.24. The van der Waals surface area contributed by atoms with Gasteiger partial charge < -0.3 is 9.72 Å². The van der Waals surface area contributed by atoms with Crippen LogP contribution in [0.15, 0.2) is 4.79 Å². The minimum absolute atomic E-state index is 0.0291. The van der Waals surface area contributed by atoms with Gasteiger partial charge in [0.2, 0.25) is 5.88 Å². The Morgan fingerprint density at radius 1 is 1.38 bits per heavy atom. The molecule has 0 amide bonds. The number of methoxy groups -OCH3 is 1. The SMILES string of the molecule is COc1c(CN2CCc3nc(C4CC4)[nH]c(=O)c3C2)c(C)nn1C. The van der Waals surface area contributed by atoms with Crippen LogP contribution in [0.2, 0.25) is 0 Å². The van der Waals surface area contributed by atoms with Crippen LogP contribution < -0.4 is 10.3 Å². The molecular formula is C17H23N5O2. The molecule has 2 aromatic rings. The lowest BCUT2D eigenvalue weighted by Gasteiger charge is -2.27. The van der Waals surface area contributed by atoms with Crippen molar-refractivity contribution >= 4 is 0 Å². The largest absolute Gasteiger partial charge is 0.481 e. The highest BCUT2D eigenvalue weighted by Crippen LogP contribution is 2.37. The molecule has 128 valence electrons. The topological polar surface area (TPSA) is 76.0 Å². The van der Waals surface area contributed by atoms with Crippen LogP contribution in [-0.2, 0) is 26.6 Å². The second-order valence-electron chi connectivity index (χ2n) is 6.81. The maximum absolute atomic E-state index is 12.4. The maximum atomic E-state index is 12.4. The number of hydrogen-bond donors (Lipinski definition) is 1. The average Bonchev–Trinajstić information content (AvgIpc) is 3.36. The second kappa shape index (κ2) is 5.73. The molecule has 1 N–H and O–H groups in total. The molecule has 4 rings (SSSR count). The number of ether oxygens (including phenoxy) is 1. The molecule has 1 fully saturated rings. The van der Waals surface area contributed by atoms with Crippen molar-refractivity contribution < 1.29 is 4.74 Å². The Labute approximate surface area is 140 Å². The van der Waals surface area contributed by atoms with E-state index in [1.165, 1.54) is 0 Å². The lowest BCUT2D eigenvalue weighted by Crippen LogP contribution is -2.36. The third kappa shape index (κ3) is 2.62. The monoisotopic (exact) mass is 329 g/mol. The zero-order chi connectivity index (χ0) is 16.8. The number of aromatic amines is 1. The first-order valence-corrected chi connectivity index (χ1v) is 8.47. The molecule has 3 heterocycles. The van der Waals surface area contributed by atoms with Gasteiger partial charge in [-0.05, 0) is 19.8 Å². The Balaban J connectivity index is 1.58. The normalized spacial score (nSPS) is 17.8. The predicted octanol–water partition coefficient (Wildman–Crippen LogP) is 1.26. The number of nitrogens with one attached hydrogen (secondary N) is 1. The zero-order valence-corrected chi connectivity index (χ0v) is 14.4. The van der Waals surface area contributed by atoms with Crippen LogP contribution in [0.25, 0.3) is 0 Å². The van der Waals surface area contributed by atoms with Crippen molar-refractivity contribution in [3.63, 3.8) is 0 Å². The van der Waals surface area contributed by atoms with Crippen LogP contribution in [0.5, 0.6) is 5.88 Å². The summed E-state index contributed by atoms with van der Waals surface area (Å²) in [5, 5.41) is 4.43. The standard InChI is InChI=1S/C17H23N5O2/c1-10-12(17(24-3)21(2)20-10)8-22-7-6-14-13(9-22)16(23)19-15(18-14)11-4-5-11/h11H,4-9H2,1-3H3,(H,18,19,23). The number of rotatable bonds is 4. The quantitative estimate of drug-likeness (QED) is 0.914. The average molecular weight is 329 g/mol. The molecule has 1 saturated carbocycles. The number of nitrogens with zero attached hydrogens (tertiary/aromatic N) is 4. The number of aromatic nitrogens is 4. The molecule has 0 radical (unpaired) electrons. The van der Waals surface area contributed by atoms with E-state index in [0.717, 1.165) is 66.6 Å². The van der Waals surface area contributed by atoms with Crippen LogP contribution in [0.4, 0.5) is 0 Å². The molecule has 7 heteroatoms. The Hall–Kier alpha value is -2.15. The predicted molar refractivity (Wildman–Crippen MR) is 89.1 cm³/mol. The van der Waals surface area contributed by atoms with Gasteiger partial charge in [-0.25, -0.2) is 9.67 Å². The number of H-pyrrole nitrogens is 1. The molecule has 0 saturated heterocycles. The molecule has 2 aliphatic rings. The summed E-state index contributed by atoms with van der Waals surface area (Å²) in [6.45, 7) is 4.24. The van der Waals surface area contributed by atoms with Gasteiger partial charge in [0.1, 0.15) is 5.82 Å². The molecule has 7 nitrogen and oxygen atoms in total. The molecule has 24 heavy (non-hydrogen) atoms. The van der Waals surface area contributed by atoms with Gasteiger partial charge in [0, 0.05) is 39.0 Å². The van der Waals surface area contributed by atoms with Crippen molar-refractivity contribution in [1.29, 1.82) is 0 Å². The van der Waals surface area contributed by atoms with Gasteiger partial charge in [-0.2, -0.15) is 5.10 Å². The van der Waals surface area contributed by atoms with Crippen LogP contribution in [-0.4, -0.2) is 38.3 Å².